The summed E-state index contributed by atoms with van der Waals surface area (Å²) in [4.78, 5) is 4.09. The van der Waals surface area contributed by atoms with Gasteiger partial charge in [0.15, 0.2) is 23.2 Å². The molecule has 0 spiro atoms. The van der Waals surface area contributed by atoms with Gasteiger partial charge in [-0.3, -0.25) is 4.98 Å². The number of hydrogen-bond acceptors (Lipinski definition) is 2. The molecule has 162 valence electrons. The highest BCUT2D eigenvalue weighted by Gasteiger charge is 2.15. The predicted molar refractivity (Wildman–Crippen MR) is 120 cm³/mol. The van der Waals surface area contributed by atoms with E-state index in [-0.39, 0.29) is 11.3 Å². The van der Waals surface area contributed by atoms with Gasteiger partial charge in [-0.25, -0.2) is 13.2 Å². The maximum absolute atomic E-state index is 14.6. The third-order valence-corrected chi connectivity index (χ3v) is 5.31. The van der Waals surface area contributed by atoms with Crippen molar-refractivity contribution in [2.75, 3.05) is 6.61 Å². The van der Waals surface area contributed by atoms with Crippen molar-refractivity contribution in [3.8, 4) is 28.1 Å². The molecule has 4 rings (SSSR count). The molecule has 1 heterocycles. The monoisotopic (exact) mass is 433 g/mol. The third kappa shape index (κ3) is 4.67. The number of aryl methyl sites for hydroxylation is 2. The summed E-state index contributed by atoms with van der Waals surface area (Å²) in [6, 6.07) is 20.8. The average Bonchev–Trinajstić information content (AvgIpc) is 2.82. The van der Waals surface area contributed by atoms with Gasteiger partial charge >= 0.3 is 0 Å². The van der Waals surface area contributed by atoms with Gasteiger partial charge in [0.25, 0.3) is 0 Å². The third-order valence-electron chi connectivity index (χ3n) is 5.31. The van der Waals surface area contributed by atoms with Crippen LogP contribution in [0, 0.1) is 17.5 Å². The van der Waals surface area contributed by atoms with E-state index in [1.54, 1.807) is 49.5 Å². The van der Waals surface area contributed by atoms with Crippen LogP contribution in [0.3, 0.4) is 0 Å². The standard InChI is InChI=1S/C27H22F3NO/c1-2-32-25-15-13-21(17-23(25)28)19-9-6-18(7-10-19)8-11-20-12-14-22(27(30)26(20)29)24-5-3-4-16-31-24/h3-7,9-10,12-17H,2,8,11H2,1H3. The number of benzene rings is 3. The summed E-state index contributed by atoms with van der Waals surface area (Å²) in [6.07, 6.45) is 2.46. The zero-order valence-electron chi connectivity index (χ0n) is 17.6. The molecule has 0 aliphatic carbocycles. The van der Waals surface area contributed by atoms with E-state index in [4.69, 9.17) is 4.74 Å². The Bertz CT molecular complexity index is 1210. The van der Waals surface area contributed by atoms with Crippen molar-refractivity contribution in [1.82, 2.24) is 4.98 Å². The fraction of sp³-hybridized carbons (Fsp3) is 0.148. The first-order valence-electron chi connectivity index (χ1n) is 10.5. The molecule has 0 aliphatic rings. The molecule has 0 amide bonds. The maximum atomic E-state index is 14.6. The maximum Gasteiger partial charge on any atom is 0.168 e. The molecule has 0 N–H and O–H groups in total. The minimum atomic E-state index is -0.880. The first-order valence-corrected chi connectivity index (χ1v) is 10.5. The SMILES string of the molecule is CCOc1ccc(-c2ccc(CCc3ccc(-c4ccccn4)c(F)c3F)cc2)cc1F. The van der Waals surface area contributed by atoms with Crippen LogP contribution >= 0.6 is 0 Å². The highest BCUT2D eigenvalue weighted by molar-refractivity contribution is 5.65. The molecule has 0 fully saturated rings. The quantitative estimate of drug-likeness (QED) is 0.313. The minimum Gasteiger partial charge on any atom is -0.491 e. The van der Waals surface area contributed by atoms with Crippen LogP contribution in [0.4, 0.5) is 13.2 Å². The van der Waals surface area contributed by atoms with E-state index >= 15 is 0 Å². The molecule has 0 aliphatic heterocycles. The van der Waals surface area contributed by atoms with Crippen LogP contribution in [0.2, 0.25) is 0 Å². The van der Waals surface area contributed by atoms with Gasteiger partial charge in [0.1, 0.15) is 0 Å². The van der Waals surface area contributed by atoms with Gasteiger partial charge < -0.3 is 4.74 Å². The van der Waals surface area contributed by atoms with Gasteiger partial charge in [-0.05, 0) is 72.4 Å². The Hall–Kier alpha value is -3.60. The Morgan fingerprint density at radius 2 is 1.56 bits per heavy atom. The molecule has 0 bridgehead atoms. The van der Waals surface area contributed by atoms with Crippen LogP contribution in [0.1, 0.15) is 18.1 Å². The fourth-order valence-corrected chi connectivity index (χ4v) is 3.60. The molecule has 2 nitrogen and oxygen atoms in total. The molecule has 32 heavy (non-hydrogen) atoms. The number of hydrogen-bond donors (Lipinski definition) is 0. The van der Waals surface area contributed by atoms with Crippen molar-refractivity contribution in [2.45, 2.75) is 19.8 Å². The lowest BCUT2D eigenvalue weighted by atomic mass is 9.98. The summed E-state index contributed by atoms with van der Waals surface area (Å²) < 4.78 is 48.5. The Kier molecular flexibility index (Phi) is 6.55. The predicted octanol–water partition coefficient (Wildman–Crippen LogP) is 7.02. The van der Waals surface area contributed by atoms with Gasteiger partial charge in [-0.1, -0.05) is 42.5 Å². The van der Waals surface area contributed by atoms with E-state index in [1.165, 1.54) is 6.07 Å². The van der Waals surface area contributed by atoms with Crippen molar-refractivity contribution in [1.29, 1.82) is 0 Å². The molecule has 0 saturated heterocycles. The molecular formula is C27H22F3NO. The molecule has 0 saturated carbocycles. The summed E-state index contributed by atoms with van der Waals surface area (Å²) in [5.41, 5.74) is 3.47. The molecule has 5 heteroatoms. The van der Waals surface area contributed by atoms with E-state index < -0.39 is 17.5 Å². The Balaban J connectivity index is 1.46. The van der Waals surface area contributed by atoms with Gasteiger partial charge in [0.05, 0.1) is 12.3 Å². The van der Waals surface area contributed by atoms with Crippen LogP contribution in [0.15, 0.2) is 79.0 Å². The number of halogens is 3. The Labute approximate surface area is 185 Å². The highest BCUT2D eigenvalue weighted by Crippen LogP contribution is 2.28. The number of ether oxygens (including phenoxy) is 1. The summed E-state index contributed by atoms with van der Waals surface area (Å²) in [5, 5.41) is 0. The van der Waals surface area contributed by atoms with Gasteiger partial charge in [0, 0.05) is 11.8 Å². The molecule has 3 aromatic carbocycles. The zero-order chi connectivity index (χ0) is 22.5. The molecule has 0 atom stereocenters. The summed E-state index contributed by atoms with van der Waals surface area (Å²) in [7, 11) is 0. The lowest BCUT2D eigenvalue weighted by Crippen LogP contribution is -2.00. The largest absolute Gasteiger partial charge is 0.491 e. The van der Waals surface area contributed by atoms with E-state index in [1.807, 2.05) is 30.3 Å². The summed E-state index contributed by atoms with van der Waals surface area (Å²) in [5.74, 6) is -1.89. The van der Waals surface area contributed by atoms with E-state index in [9.17, 15) is 13.2 Å². The number of pyridine rings is 1. The molecule has 0 unspecified atom stereocenters. The fourth-order valence-electron chi connectivity index (χ4n) is 3.60. The summed E-state index contributed by atoms with van der Waals surface area (Å²) in [6.45, 7) is 2.21. The van der Waals surface area contributed by atoms with Crippen molar-refractivity contribution in [3.63, 3.8) is 0 Å². The lowest BCUT2D eigenvalue weighted by Gasteiger charge is -2.10. The second-order valence-electron chi connectivity index (χ2n) is 7.39. The van der Waals surface area contributed by atoms with E-state index in [0.717, 1.165) is 16.7 Å². The van der Waals surface area contributed by atoms with Gasteiger partial charge in [-0.15, -0.1) is 0 Å². The van der Waals surface area contributed by atoms with Crippen molar-refractivity contribution >= 4 is 0 Å². The highest BCUT2D eigenvalue weighted by atomic mass is 19.2. The topological polar surface area (TPSA) is 22.1 Å². The first kappa shape index (κ1) is 21.6. The number of rotatable bonds is 7. The molecular weight excluding hydrogens is 411 g/mol. The second-order valence-corrected chi connectivity index (χ2v) is 7.39. The van der Waals surface area contributed by atoms with Gasteiger partial charge in [0.2, 0.25) is 0 Å². The minimum absolute atomic E-state index is 0.152. The molecule has 1 aromatic heterocycles. The Morgan fingerprint density at radius 3 is 2.25 bits per heavy atom. The zero-order valence-corrected chi connectivity index (χ0v) is 17.6. The second kappa shape index (κ2) is 9.69. The average molecular weight is 433 g/mol. The van der Waals surface area contributed by atoms with Crippen LogP contribution in [-0.4, -0.2) is 11.6 Å². The summed E-state index contributed by atoms with van der Waals surface area (Å²) >= 11 is 0. The smallest absolute Gasteiger partial charge is 0.168 e. The molecule has 0 radical (unpaired) electrons. The van der Waals surface area contributed by atoms with Crippen molar-refractivity contribution in [2.24, 2.45) is 0 Å². The first-order chi connectivity index (χ1) is 15.6. The lowest BCUT2D eigenvalue weighted by molar-refractivity contribution is 0.321. The van der Waals surface area contributed by atoms with Crippen LogP contribution in [-0.2, 0) is 12.8 Å². The normalized spacial score (nSPS) is 10.9. The number of nitrogens with zero attached hydrogens (tertiary/aromatic N) is 1. The van der Waals surface area contributed by atoms with E-state index in [2.05, 4.69) is 4.98 Å². The van der Waals surface area contributed by atoms with Crippen molar-refractivity contribution in [3.05, 3.63) is 108 Å². The van der Waals surface area contributed by atoms with Crippen LogP contribution < -0.4 is 4.74 Å². The van der Waals surface area contributed by atoms with E-state index in [0.29, 0.717) is 30.7 Å². The molecule has 4 aromatic rings. The van der Waals surface area contributed by atoms with Gasteiger partial charge in [-0.2, -0.15) is 0 Å². The van der Waals surface area contributed by atoms with Crippen LogP contribution in [0.25, 0.3) is 22.4 Å². The number of aromatic nitrogens is 1. The van der Waals surface area contributed by atoms with Crippen molar-refractivity contribution < 1.29 is 17.9 Å². The Morgan fingerprint density at radius 1 is 0.781 bits per heavy atom. The van der Waals surface area contributed by atoms with Crippen LogP contribution in [0.5, 0.6) is 5.75 Å².